The van der Waals surface area contributed by atoms with Crippen LogP contribution >= 0.6 is 0 Å². The average molecular weight is 277 g/mol. The molecule has 1 aromatic rings. The Morgan fingerprint density at radius 2 is 2.20 bits per heavy atom. The summed E-state index contributed by atoms with van der Waals surface area (Å²) in [5, 5.41) is 0. The van der Waals surface area contributed by atoms with Crippen molar-refractivity contribution in [1.29, 1.82) is 0 Å². The summed E-state index contributed by atoms with van der Waals surface area (Å²) in [6.45, 7) is 3.54. The number of rotatable bonds is 4. The highest BCUT2D eigenvalue weighted by Gasteiger charge is 2.34. The summed E-state index contributed by atoms with van der Waals surface area (Å²) in [6.07, 6.45) is -0.0502. The van der Waals surface area contributed by atoms with E-state index in [9.17, 15) is 9.59 Å². The van der Waals surface area contributed by atoms with E-state index in [1.807, 2.05) is 19.9 Å². The van der Waals surface area contributed by atoms with Gasteiger partial charge in [0.15, 0.2) is 6.10 Å². The number of nitrogens with zero attached hydrogens (tertiary/aromatic N) is 1. The Morgan fingerprint density at radius 1 is 1.50 bits per heavy atom. The smallest absolute Gasteiger partial charge is 0.268 e. The highest BCUT2D eigenvalue weighted by molar-refractivity contribution is 6.03. The number of primary amides is 1. The molecular weight excluding hydrogens is 258 g/mol. The first kappa shape index (κ1) is 14.3. The number of nitrogens with two attached hydrogens (primary N) is 2. The van der Waals surface area contributed by atoms with Gasteiger partial charge in [0.1, 0.15) is 12.3 Å². The summed E-state index contributed by atoms with van der Waals surface area (Å²) in [6, 6.07) is 5.23. The molecule has 1 heterocycles. The molecule has 1 aromatic carbocycles. The van der Waals surface area contributed by atoms with Crippen LogP contribution in [-0.4, -0.2) is 24.5 Å². The van der Waals surface area contributed by atoms with Crippen molar-refractivity contribution in [3.8, 4) is 5.75 Å². The van der Waals surface area contributed by atoms with Gasteiger partial charge in [0.25, 0.3) is 5.91 Å². The first-order valence-corrected chi connectivity index (χ1v) is 6.60. The largest absolute Gasteiger partial charge is 0.478 e. The number of ether oxygens (including phenoxy) is 1. The van der Waals surface area contributed by atoms with Crippen LogP contribution in [0.1, 0.15) is 31.9 Å². The van der Waals surface area contributed by atoms with Gasteiger partial charge >= 0.3 is 0 Å². The Bertz CT molecular complexity index is 542. The van der Waals surface area contributed by atoms with Crippen molar-refractivity contribution < 1.29 is 14.3 Å². The fraction of sp³-hybridized carbons (Fsp3) is 0.429. The molecule has 2 unspecified atom stereocenters. The standard InChI is InChI=1S/C14H19N3O3/c1-3-11-14(19)17(7-13(16)18)10-6-9(8(2)15)4-5-12(10)20-11/h4-6,8,11H,3,7,15H2,1-2H3,(H2,16,18). The number of carbonyl (C=O) groups is 2. The van der Waals surface area contributed by atoms with Crippen molar-refractivity contribution in [1.82, 2.24) is 0 Å². The van der Waals surface area contributed by atoms with E-state index in [-0.39, 0.29) is 18.5 Å². The molecule has 0 saturated heterocycles. The third-order valence-electron chi connectivity index (χ3n) is 3.30. The molecule has 6 heteroatoms. The number of carbonyl (C=O) groups excluding carboxylic acids is 2. The summed E-state index contributed by atoms with van der Waals surface area (Å²) >= 11 is 0. The predicted molar refractivity (Wildman–Crippen MR) is 75.3 cm³/mol. The van der Waals surface area contributed by atoms with Gasteiger partial charge in [-0.05, 0) is 31.0 Å². The highest BCUT2D eigenvalue weighted by Crippen LogP contribution is 2.36. The van der Waals surface area contributed by atoms with E-state index in [1.54, 1.807) is 12.1 Å². The zero-order chi connectivity index (χ0) is 14.9. The van der Waals surface area contributed by atoms with Crippen LogP contribution < -0.4 is 21.1 Å². The molecule has 0 aromatic heterocycles. The number of benzene rings is 1. The number of amides is 2. The lowest BCUT2D eigenvalue weighted by Gasteiger charge is -2.33. The van der Waals surface area contributed by atoms with Gasteiger partial charge in [-0.2, -0.15) is 0 Å². The molecule has 1 aliphatic heterocycles. The van der Waals surface area contributed by atoms with Gasteiger partial charge < -0.3 is 16.2 Å². The van der Waals surface area contributed by atoms with Gasteiger partial charge in [-0.25, -0.2) is 0 Å². The van der Waals surface area contributed by atoms with Crippen molar-refractivity contribution in [2.45, 2.75) is 32.4 Å². The van der Waals surface area contributed by atoms with Crippen molar-refractivity contribution >= 4 is 17.5 Å². The minimum atomic E-state index is -0.581. The fourth-order valence-electron chi connectivity index (χ4n) is 2.20. The molecule has 4 N–H and O–H groups in total. The van der Waals surface area contributed by atoms with Crippen LogP contribution in [0.3, 0.4) is 0 Å². The quantitative estimate of drug-likeness (QED) is 0.846. The Hall–Kier alpha value is -2.08. The summed E-state index contributed by atoms with van der Waals surface area (Å²) in [5.74, 6) is -0.241. The van der Waals surface area contributed by atoms with Crippen LogP contribution in [0.2, 0.25) is 0 Å². The van der Waals surface area contributed by atoms with Crippen LogP contribution in [-0.2, 0) is 9.59 Å². The van der Waals surface area contributed by atoms with Gasteiger partial charge in [-0.15, -0.1) is 0 Å². The second-order valence-corrected chi connectivity index (χ2v) is 4.92. The highest BCUT2D eigenvalue weighted by atomic mass is 16.5. The van der Waals surface area contributed by atoms with E-state index in [4.69, 9.17) is 16.2 Å². The molecule has 2 rings (SSSR count). The molecular formula is C14H19N3O3. The lowest BCUT2D eigenvalue weighted by atomic mass is 10.0. The number of hydrogen-bond donors (Lipinski definition) is 2. The maximum Gasteiger partial charge on any atom is 0.268 e. The van der Waals surface area contributed by atoms with Gasteiger partial charge in [-0.3, -0.25) is 14.5 Å². The fourth-order valence-corrected chi connectivity index (χ4v) is 2.20. The first-order chi connectivity index (χ1) is 9.43. The Balaban J connectivity index is 2.47. The molecule has 0 spiro atoms. The van der Waals surface area contributed by atoms with E-state index in [0.717, 1.165) is 5.56 Å². The monoisotopic (exact) mass is 277 g/mol. The van der Waals surface area contributed by atoms with E-state index < -0.39 is 12.0 Å². The van der Waals surface area contributed by atoms with Gasteiger partial charge in [-0.1, -0.05) is 13.0 Å². The van der Waals surface area contributed by atoms with Gasteiger partial charge in [0.2, 0.25) is 5.91 Å². The SMILES string of the molecule is CCC1Oc2ccc(C(C)N)cc2N(CC(N)=O)C1=O. The maximum absolute atomic E-state index is 12.3. The molecule has 108 valence electrons. The molecule has 0 bridgehead atoms. The second-order valence-electron chi connectivity index (χ2n) is 4.92. The number of anilines is 1. The van der Waals surface area contributed by atoms with E-state index in [1.165, 1.54) is 4.90 Å². The molecule has 6 nitrogen and oxygen atoms in total. The van der Waals surface area contributed by atoms with Crippen LogP contribution in [0.25, 0.3) is 0 Å². The lowest BCUT2D eigenvalue weighted by molar-refractivity contribution is -0.128. The molecule has 0 saturated carbocycles. The second kappa shape index (κ2) is 5.50. The van der Waals surface area contributed by atoms with E-state index >= 15 is 0 Å². The minimum Gasteiger partial charge on any atom is -0.478 e. The number of fused-ring (bicyclic) bond motifs is 1. The molecule has 0 aliphatic carbocycles. The van der Waals surface area contributed by atoms with E-state index in [2.05, 4.69) is 0 Å². The van der Waals surface area contributed by atoms with Crippen molar-refractivity contribution in [2.24, 2.45) is 11.5 Å². The molecule has 0 fully saturated rings. The molecule has 0 radical (unpaired) electrons. The summed E-state index contributed by atoms with van der Waals surface area (Å²) in [7, 11) is 0. The van der Waals surface area contributed by atoms with Crippen LogP contribution in [0, 0.1) is 0 Å². The van der Waals surface area contributed by atoms with Crippen molar-refractivity contribution in [3.05, 3.63) is 23.8 Å². The molecule has 2 amide bonds. The summed E-state index contributed by atoms with van der Waals surface area (Å²) < 4.78 is 5.66. The van der Waals surface area contributed by atoms with Crippen LogP contribution in [0.15, 0.2) is 18.2 Å². The molecule has 20 heavy (non-hydrogen) atoms. The van der Waals surface area contributed by atoms with Crippen LogP contribution in [0.5, 0.6) is 5.75 Å². The number of hydrogen-bond acceptors (Lipinski definition) is 4. The third-order valence-corrected chi connectivity index (χ3v) is 3.30. The van der Waals surface area contributed by atoms with Crippen molar-refractivity contribution in [3.63, 3.8) is 0 Å². The lowest BCUT2D eigenvalue weighted by Crippen LogP contribution is -2.48. The van der Waals surface area contributed by atoms with Crippen molar-refractivity contribution in [2.75, 3.05) is 11.4 Å². The normalized spacial score (nSPS) is 19.2. The van der Waals surface area contributed by atoms with E-state index in [0.29, 0.717) is 17.9 Å². The molecule has 2 atom stereocenters. The zero-order valence-electron chi connectivity index (χ0n) is 11.6. The van der Waals surface area contributed by atoms with Gasteiger partial charge in [0.05, 0.1) is 5.69 Å². The summed E-state index contributed by atoms with van der Waals surface area (Å²) in [5.41, 5.74) is 12.5. The first-order valence-electron chi connectivity index (χ1n) is 6.60. The Labute approximate surface area is 117 Å². The Kier molecular flexibility index (Phi) is 3.94. The third kappa shape index (κ3) is 2.60. The Morgan fingerprint density at radius 3 is 2.75 bits per heavy atom. The minimum absolute atomic E-state index is 0.159. The predicted octanol–water partition coefficient (Wildman–Crippen LogP) is 0.696. The summed E-state index contributed by atoms with van der Waals surface area (Å²) in [4.78, 5) is 24.9. The maximum atomic E-state index is 12.3. The van der Waals surface area contributed by atoms with Crippen LogP contribution in [0.4, 0.5) is 5.69 Å². The zero-order valence-corrected chi connectivity index (χ0v) is 11.6. The average Bonchev–Trinajstić information content (AvgIpc) is 2.40. The topological polar surface area (TPSA) is 98.7 Å². The van der Waals surface area contributed by atoms with Gasteiger partial charge in [0, 0.05) is 6.04 Å². The molecule has 1 aliphatic rings.